The van der Waals surface area contributed by atoms with Gasteiger partial charge in [-0.2, -0.15) is 8.42 Å². The minimum Gasteiger partial charge on any atom is -0.439 e. The van der Waals surface area contributed by atoms with Crippen molar-refractivity contribution in [1.29, 1.82) is 0 Å². The number of para-hydroxylation sites is 2. The highest BCUT2D eigenvalue weighted by Gasteiger charge is 2.28. The number of fused-ring (bicyclic) bond motifs is 1. The van der Waals surface area contributed by atoms with Crippen molar-refractivity contribution in [1.82, 2.24) is 0 Å². The summed E-state index contributed by atoms with van der Waals surface area (Å²) in [7, 11) is -3.95. The molecule has 0 fully saturated rings. The fourth-order valence-electron chi connectivity index (χ4n) is 3.43. The molecule has 0 unspecified atom stereocenters. The van der Waals surface area contributed by atoms with E-state index in [0.717, 1.165) is 30.2 Å². The Labute approximate surface area is 149 Å². The molecule has 1 heterocycles. The average Bonchev–Trinajstić information content (AvgIpc) is 2.83. The van der Waals surface area contributed by atoms with Crippen LogP contribution in [0.2, 0.25) is 0 Å². The van der Waals surface area contributed by atoms with Gasteiger partial charge in [-0.15, -0.1) is 0 Å². The topological polar surface area (TPSA) is 66.8 Å². The molecule has 0 amide bonds. The number of rotatable bonds is 5. The van der Waals surface area contributed by atoms with Crippen LogP contribution in [0.25, 0.3) is 0 Å². The van der Waals surface area contributed by atoms with E-state index in [0.29, 0.717) is 13.0 Å². The maximum Gasteiger partial charge on any atom is 0.264 e. The number of allylic oxidation sites excluding steroid dienone is 3. The second-order valence-corrected chi connectivity index (χ2v) is 9.07. The number of ether oxygens (including phenoxy) is 1. The third-order valence-electron chi connectivity index (χ3n) is 4.64. The molecule has 2 aliphatic rings. The summed E-state index contributed by atoms with van der Waals surface area (Å²) >= 11 is 0. The van der Waals surface area contributed by atoms with E-state index in [9.17, 15) is 8.42 Å². The summed E-state index contributed by atoms with van der Waals surface area (Å²) in [6.45, 7) is 5.01. The molecule has 1 aliphatic carbocycles. The van der Waals surface area contributed by atoms with E-state index >= 15 is 0 Å². The van der Waals surface area contributed by atoms with Gasteiger partial charge in [0.25, 0.3) is 10.1 Å². The van der Waals surface area contributed by atoms with Gasteiger partial charge in [-0.1, -0.05) is 32.1 Å². The van der Waals surface area contributed by atoms with Crippen LogP contribution < -0.4 is 9.64 Å². The maximum atomic E-state index is 11.0. The summed E-state index contributed by atoms with van der Waals surface area (Å²) in [5, 5.41) is 0. The molecule has 6 heteroatoms. The Bertz CT molecular complexity index is 808. The third-order valence-corrected chi connectivity index (χ3v) is 5.44. The largest absolute Gasteiger partial charge is 0.439 e. The smallest absolute Gasteiger partial charge is 0.264 e. The first-order valence-electron chi connectivity index (χ1n) is 8.64. The van der Waals surface area contributed by atoms with Gasteiger partial charge < -0.3 is 9.64 Å². The van der Waals surface area contributed by atoms with E-state index in [2.05, 4.69) is 26.0 Å². The first-order chi connectivity index (χ1) is 11.7. The van der Waals surface area contributed by atoms with E-state index in [-0.39, 0.29) is 11.2 Å². The average molecular weight is 363 g/mol. The second-order valence-electron chi connectivity index (χ2n) is 7.50. The van der Waals surface area contributed by atoms with Gasteiger partial charge >= 0.3 is 0 Å². The number of hydrogen-bond acceptors (Lipinski definition) is 4. The standard InChI is InChI=1S/C19H25NO4S/c1-19(2)10-5-7-15(14-19)13-18-20(11-6-12-25(21,22)23)16-8-3-4-9-17(16)24-18/h3-4,7-9,13H,5-6,10-12,14H2,1-2H3,(H,21,22,23). The minimum absolute atomic E-state index is 0.255. The first-order valence-corrected chi connectivity index (χ1v) is 10.2. The Kier molecular flexibility index (Phi) is 4.93. The van der Waals surface area contributed by atoms with Crippen LogP contribution in [0.3, 0.4) is 0 Å². The Balaban J connectivity index is 1.82. The zero-order valence-corrected chi connectivity index (χ0v) is 15.6. The van der Waals surface area contributed by atoms with Crippen LogP contribution >= 0.6 is 0 Å². The molecule has 0 spiro atoms. The summed E-state index contributed by atoms with van der Waals surface area (Å²) in [5.74, 6) is 1.24. The highest BCUT2D eigenvalue weighted by atomic mass is 32.2. The number of anilines is 1. The van der Waals surface area contributed by atoms with Crippen LogP contribution in [-0.4, -0.2) is 25.3 Å². The number of hydrogen-bond donors (Lipinski definition) is 1. The Morgan fingerprint density at radius 3 is 2.80 bits per heavy atom. The molecular weight excluding hydrogens is 338 g/mol. The lowest BCUT2D eigenvalue weighted by atomic mass is 9.77. The van der Waals surface area contributed by atoms with E-state index in [1.54, 1.807) is 0 Å². The molecule has 0 saturated carbocycles. The monoisotopic (exact) mass is 363 g/mol. The van der Waals surface area contributed by atoms with Crippen LogP contribution in [-0.2, 0) is 10.1 Å². The van der Waals surface area contributed by atoms with Crippen molar-refractivity contribution in [3.05, 3.63) is 47.9 Å². The molecule has 1 aromatic carbocycles. The summed E-state index contributed by atoms with van der Waals surface area (Å²) in [5.41, 5.74) is 2.46. The zero-order valence-electron chi connectivity index (χ0n) is 14.7. The zero-order chi connectivity index (χ0) is 18.1. The molecule has 0 bridgehead atoms. The molecule has 0 atom stereocenters. The molecule has 0 aromatic heterocycles. The minimum atomic E-state index is -3.95. The van der Waals surface area contributed by atoms with Crippen molar-refractivity contribution in [3.63, 3.8) is 0 Å². The lowest BCUT2D eigenvalue weighted by molar-refractivity contribution is 0.322. The Morgan fingerprint density at radius 2 is 2.08 bits per heavy atom. The van der Waals surface area contributed by atoms with Gasteiger partial charge in [0.15, 0.2) is 5.75 Å². The highest BCUT2D eigenvalue weighted by molar-refractivity contribution is 7.85. The van der Waals surface area contributed by atoms with Crippen molar-refractivity contribution in [2.75, 3.05) is 17.2 Å². The van der Waals surface area contributed by atoms with Crippen molar-refractivity contribution in [2.24, 2.45) is 5.41 Å². The van der Waals surface area contributed by atoms with Gasteiger partial charge in [-0.05, 0) is 48.8 Å². The molecule has 136 valence electrons. The van der Waals surface area contributed by atoms with E-state index in [4.69, 9.17) is 9.29 Å². The number of benzene rings is 1. The van der Waals surface area contributed by atoms with Crippen molar-refractivity contribution >= 4 is 15.8 Å². The lowest BCUT2D eigenvalue weighted by Gasteiger charge is -2.29. The van der Waals surface area contributed by atoms with Crippen LogP contribution in [0.1, 0.15) is 39.5 Å². The predicted octanol–water partition coefficient (Wildman–Crippen LogP) is 4.14. The number of nitrogens with zero attached hydrogens (tertiary/aromatic N) is 1. The molecule has 25 heavy (non-hydrogen) atoms. The normalized spacial score (nSPS) is 21.0. The third kappa shape index (κ3) is 4.64. The molecule has 1 N–H and O–H groups in total. The fraction of sp³-hybridized carbons (Fsp3) is 0.474. The summed E-state index contributed by atoms with van der Waals surface area (Å²) in [6.07, 6.45) is 7.88. The van der Waals surface area contributed by atoms with Gasteiger partial charge in [0.2, 0.25) is 5.88 Å². The molecule has 0 saturated heterocycles. The molecular formula is C19H25NO4S. The van der Waals surface area contributed by atoms with Crippen molar-refractivity contribution < 1.29 is 17.7 Å². The molecule has 1 aliphatic heterocycles. The molecule has 3 rings (SSSR count). The van der Waals surface area contributed by atoms with Gasteiger partial charge in [0, 0.05) is 12.6 Å². The Hall–Kier alpha value is -1.79. The van der Waals surface area contributed by atoms with Crippen LogP contribution in [0, 0.1) is 5.41 Å². The lowest BCUT2D eigenvalue weighted by Crippen LogP contribution is -2.24. The first kappa shape index (κ1) is 18.0. The van der Waals surface area contributed by atoms with E-state index in [1.807, 2.05) is 29.2 Å². The molecule has 0 radical (unpaired) electrons. The van der Waals surface area contributed by atoms with Gasteiger partial charge in [0.1, 0.15) is 0 Å². The van der Waals surface area contributed by atoms with Gasteiger partial charge in [0.05, 0.1) is 11.4 Å². The highest BCUT2D eigenvalue weighted by Crippen LogP contribution is 2.41. The predicted molar refractivity (Wildman–Crippen MR) is 99.2 cm³/mol. The quantitative estimate of drug-likeness (QED) is 0.796. The van der Waals surface area contributed by atoms with Crippen LogP contribution in [0.4, 0.5) is 5.69 Å². The Morgan fingerprint density at radius 1 is 1.32 bits per heavy atom. The fourth-order valence-corrected chi connectivity index (χ4v) is 3.92. The SMILES string of the molecule is CC1(C)CCC=C(C=C2Oc3ccccc3N2CCCS(=O)(=O)O)C1. The van der Waals surface area contributed by atoms with E-state index in [1.165, 1.54) is 12.0 Å². The molecule has 5 nitrogen and oxygen atoms in total. The molecule has 1 aromatic rings. The summed E-state index contributed by atoms with van der Waals surface area (Å²) < 4.78 is 37.0. The van der Waals surface area contributed by atoms with Crippen LogP contribution in [0.15, 0.2) is 47.9 Å². The van der Waals surface area contributed by atoms with Gasteiger partial charge in [-0.25, -0.2) is 0 Å². The van der Waals surface area contributed by atoms with Crippen LogP contribution in [0.5, 0.6) is 5.75 Å². The second kappa shape index (κ2) is 6.84. The van der Waals surface area contributed by atoms with Crippen molar-refractivity contribution in [2.45, 2.75) is 39.5 Å². The van der Waals surface area contributed by atoms with Gasteiger partial charge in [-0.3, -0.25) is 4.55 Å². The maximum absolute atomic E-state index is 11.0. The summed E-state index contributed by atoms with van der Waals surface area (Å²) in [4.78, 5) is 1.99. The van der Waals surface area contributed by atoms with E-state index < -0.39 is 10.1 Å². The van der Waals surface area contributed by atoms with Crippen molar-refractivity contribution in [3.8, 4) is 5.75 Å². The summed E-state index contributed by atoms with van der Waals surface area (Å²) in [6, 6.07) is 7.72.